The van der Waals surface area contributed by atoms with Gasteiger partial charge >= 0.3 is 11.9 Å². The van der Waals surface area contributed by atoms with Crippen molar-refractivity contribution in [2.24, 2.45) is 0 Å². The van der Waals surface area contributed by atoms with Gasteiger partial charge in [0.05, 0.1) is 40.3 Å². The average molecular weight is 814 g/mol. The van der Waals surface area contributed by atoms with Crippen molar-refractivity contribution in [1.29, 1.82) is 0 Å². The highest BCUT2D eigenvalue weighted by Crippen LogP contribution is 2.12. The fourth-order valence-corrected chi connectivity index (χ4v) is 5.67. The quantitative estimate of drug-likeness (QED) is 0.0198. The van der Waals surface area contributed by atoms with Crippen molar-refractivity contribution in [3.63, 3.8) is 0 Å². The Hall–Kier alpha value is -3.27. The molecule has 0 aromatic rings. The molecule has 0 saturated carbocycles. The molecule has 0 aliphatic rings. The Kier molecular flexibility index (Phi) is 38.2. The summed E-state index contributed by atoms with van der Waals surface area (Å²) in [5, 5.41) is 11.7. The number of likely N-dealkylation sites (N-methyl/N-ethyl adjacent to an activating group) is 1. The lowest BCUT2D eigenvalue weighted by Crippen LogP contribution is -2.44. The summed E-state index contributed by atoms with van der Waals surface area (Å²) in [5.41, 5.74) is 0. The molecule has 0 aromatic carbocycles. The van der Waals surface area contributed by atoms with Gasteiger partial charge in [-0.15, -0.1) is 0 Å². The zero-order chi connectivity index (χ0) is 42.8. The number of hydrogen-bond donors (Lipinski definition) is 0. The molecule has 0 saturated heterocycles. The lowest BCUT2D eigenvalue weighted by Gasteiger charge is -2.26. The first kappa shape index (κ1) is 54.7. The molecule has 9 nitrogen and oxygen atoms in total. The number of esters is 2. The molecule has 58 heavy (non-hydrogen) atoms. The van der Waals surface area contributed by atoms with Gasteiger partial charge in [-0.1, -0.05) is 138 Å². The number of hydrogen-bond acceptors (Lipinski definition) is 8. The molecule has 9 heteroatoms. The van der Waals surface area contributed by atoms with E-state index in [2.05, 4.69) is 86.8 Å². The SMILES string of the molecule is CC/C=C\C/C=C\C/C=C\C/C=C\C/C=C\CCCCCCCC(=O)OC(COC(=O)CCCCCCC/C=C\CCCCC)COC(OCC[N+](C)(C)C)C(=O)[O-]. The van der Waals surface area contributed by atoms with Gasteiger partial charge in [-0.2, -0.15) is 0 Å². The lowest BCUT2D eigenvalue weighted by atomic mass is 10.1. The van der Waals surface area contributed by atoms with E-state index >= 15 is 0 Å². The Labute approximate surface area is 354 Å². The molecule has 0 aliphatic carbocycles. The number of aliphatic carboxylic acids is 1. The lowest BCUT2D eigenvalue weighted by molar-refractivity contribution is -0.870. The highest BCUT2D eigenvalue weighted by molar-refractivity contribution is 5.70. The maximum Gasteiger partial charge on any atom is 0.306 e. The molecule has 0 aliphatic heterocycles. The van der Waals surface area contributed by atoms with Crippen LogP contribution in [-0.2, 0) is 33.3 Å². The van der Waals surface area contributed by atoms with Crippen molar-refractivity contribution in [1.82, 2.24) is 0 Å². The van der Waals surface area contributed by atoms with E-state index in [1.54, 1.807) is 0 Å². The molecule has 0 rings (SSSR count). The van der Waals surface area contributed by atoms with Gasteiger partial charge in [0.25, 0.3) is 0 Å². The Balaban J connectivity index is 4.48. The first-order chi connectivity index (χ1) is 28.1. The molecule has 0 N–H and O–H groups in total. The number of allylic oxidation sites excluding steroid dienone is 12. The van der Waals surface area contributed by atoms with Crippen molar-refractivity contribution < 1.29 is 42.9 Å². The molecule has 0 fully saturated rings. The number of nitrogens with zero attached hydrogens (tertiary/aromatic N) is 1. The summed E-state index contributed by atoms with van der Waals surface area (Å²) in [7, 11) is 5.89. The molecule has 2 unspecified atom stereocenters. The van der Waals surface area contributed by atoms with Crippen LogP contribution in [0.1, 0.15) is 162 Å². The van der Waals surface area contributed by atoms with Crippen LogP contribution in [0, 0.1) is 0 Å². The predicted molar refractivity (Wildman–Crippen MR) is 237 cm³/mol. The number of carbonyl (C=O) groups excluding carboxylic acids is 3. The fourth-order valence-electron chi connectivity index (χ4n) is 5.67. The van der Waals surface area contributed by atoms with E-state index in [1.807, 2.05) is 21.1 Å². The molecule has 0 bridgehead atoms. The minimum absolute atomic E-state index is 0.139. The monoisotopic (exact) mass is 814 g/mol. The first-order valence-electron chi connectivity index (χ1n) is 22.6. The summed E-state index contributed by atoms with van der Waals surface area (Å²) in [6.07, 6.45) is 46.4. The third kappa shape index (κ3) is 40.9. The molecular weight excluding hydrogens is 731 g/mol. The Morgan fingerprint density at radius 1 is 0.534 bits per heavy atom. The van der Waals surface area contributed by atoms with E-state index in [0.717, 1.165) is 109 Å². The second-order valence-electron chi connectivity index (χ2n) is 16.0. The minimum Gasteiger partial charge on any atom is -0.545 e. The zero-order valence-corrected chi connectivity index (χ0v) is 37.4. The van der Waals surface area contributed by atoms with E-state index in [1.165, 1.54) is 19.3 Å². The Bertz CT molecular complexity index is 1180. The molecule has 0 radical (unpaired) electrons. The standard InChI is InChI=1S/C49H83NO8/c1-6-8-10-12-14-16-18-20-21-22-23-24-25-26-27-28-30-32-34-36-38-40-47(52)58-45(44-57-49(48(53)54)55-42-41-50(3,4)5)43-56-46(51)39-37-35-33-31-29-19-17-15-13-11-9-7-2/h8,10,14-17,20-21,23-24,26-27,45,49H,6-7,9,11-13,18-19,22,25,28-44H2,1-5H3/b10-8-,16-14-,17-15-,21-20-,24-23-,27-26-. The predicted octanol–water partition coefficient (Wildman–Crippen LogP) is 10.6. The van der Waals surface area contributed by atoms with Crippen molar-refractivity contribution in [3.8, 4) is 0 Å². The maximum absolute atomic E-state index is 12.7. The van der Waals surface area contributed by atoms with Crippen molar-refractivity contribution in [2.75, 3.05) is 47.5 Å². The normalized spacial score (nSPS) is 13.6. The number of carbonyl (C=O) groups is 3. The molecule has 332 valence electrons. The van der Waals surface area contributed by atoms with Gasteiger partial charge in [0.15, 0.2) is 12.4 Å². The van der Waals surface area contributed by atoms with Gasteiger partial charge in [0.2, 0.25) is 0 Å². The number of unbranched alkanes of at least 4 members (excludes halogenated alkanes) is 13. The van der Waals surface area contributed by atoms with E-state index in [-0.39, 0.29) is 38.6 Å². The summed E-state index contributed by atoms with van der Waals surface area (Å²) in [5.74, 6) is -2.33. The molecule has 0 spiro atoms. The largest absolute Gasteiger partial charge is 0.545 e. The fraction of sp³-hybridized carbons (Fsp3) is 0.694. The van der Waals surface area contributed by atoms with Gasteiger partial charge in [0, 0.05) is 12.8 Å². The van der Waals surface area contributed by atoms with Crippen LogP contribution in [0.25, 0.3) is 0 Å². The summed E-state index contributed by atoms with van der Waals surface area (Å²) in [6.45, 7) is 4.54. The van der Waals surface area contributed by atoms with E-state index in [4.69, 9.17) is 18.9 Å². The topological polar surface area (TPSA) is 111 Å². The van der Waals surface area contributed by atoms with Gasteiger partial charge in [-0.25, -0.2) is 0 Å². The maximum atomic E-state index is 12.7. The molecule has 0 aromatic heterocycles. The minimum atomic E-state index is -1.63. The van der Waals surface area contributed by atoms with Crippen LogP contribution >= 0.6 is 0 Å². The Morgan fingerprint density at radius 3 is 1.48 bits per heavy atom. The van der Waals surface area contributed by atoms with Gasteiger partial charge in [-0.05, 0) is 83.5 Å². The van der Waals surface area contributed by atoms with Crippen LogP contribution in [0.5, 0.6) is 0 Å². The first-order valence-corrected chi connectivity index (χ1v) is 22.6. The average Bonchev–Trinajstić information content (AvgIpc) is 3.18. The van der Waals surface area contributed by atoms with E-state index < -0.39 is 24.3 Å². The number of carboxylic acid groups (broad SMARTS) is 1. The number of carboxylic acids is 1. The third-order valence-corrected chi connectivity index (χ3v) is 9.19. The van der Waals surface area contributed by atoms with E-state index in [0.29, 0.717) is 17.4 Å². The highest BCUT2D eigenvalue weighted by Gasteiger charge is 2.21. The van der Waals surface area contributed by atoms with Crippen LogP contribution in [-0.4, -0.2) is 82.3 Å². The molecule has 0 heterocycles. The summed E-state index contributed by atoms with van der Waals surface area (Å²) < 4.78 is 22.5. The Morgan fingerprint density at radius 2 is 0.983 bits per heavy atom. The summed E-state index contributed by atoms with van der Waals surface area (Å²) in [6, 6.07) is 0. The number of ether oxygens (including phenoxy) is 4. The molecule has 2 atom stereocenters. The van der Waals surface area contributed by atoms with Crippen molar-refractivity contribution in [2.45, 2.75) is 174 Å². The van der Waals surface area contributed by atoms with Crippen LogP contribution in [0.3, 0.4) is 0 Å². The van der Waals surface area contributed by atoms with Gasteiger partial charge < -0.3 is 33.3 Å². The van der Waals surface area contributed by atoms with Gasteiger partial charge in [0.1, 0.15) is 13.2 Å². The van der Waals surface area contributed by atoms with Crippen LogP contribution < -0.4 is 5.11 Å². The van der Waals surface area contributed by atoms with Crippen LogP contribution in [0.15, 0.2) is 72.9 Å². The van der Waals surface area contributed by atoms with Crippen LogP contribution in [0.4, 0.5) is 0 Å². The summed E-state index contributed by atoms with van der Waals surface area (Å²) in [4.78, 5) is 36.9. The second kappa shape index (κ2) is 40.5. The summed E-state index contributed by atoms with van der Waals surface area (Å²) >= 11 is 0. The number of quaternary nitrogens is 1. The molecular formula is C49H83NO8. The number of rotatable bonds is 40. The van der Waals surface area contributed by atoms with Gasteiger partial charge in [-0.3, -0.25) is 9.59 Å². The van der Waals surface area contributed by atoms with Crippen molar-refractivity contribution >= 4 is 17.9 Å². The van der Waals surface area contributed by atoms with Crippen molar-refractivity contribution in [3.05, 3.63) is 72.9 Å². The second-order valence-corrected chi connectivity index (χ2v) is 16.0. The smallest absolute Gasteiger partial charge is 0.306 e. The van der Waals surface area contributed by atoms with E-state index in [9.17, 15) is 19.5 Å². The third-order valence-electron chi connectivity index (χ3n) is 9.19. The zero-order valence-electron chi connectivity index (χ0n) is 37.4. The molecule has 0 amide bonds. The highest BCUT2D eigenvalue weighted by atomic mass is 16.7. The van der Waals surface area contributed by atoms with Crippen LogP contribution in [0.2, 0.25) is 0 Å².